The van der Waals surface area contributed by atoms with Gasteiger partial charge in [0.15, 0.2) is 11.5 Å². The molecule has 1 aliphatic rings. The first-order valence-corrected chi connectivity index (χ1v) is 7.75. The minimum atomic E-state index is -0.0560. The quantitative estimate of drug-likeness (QED) is 0.938. The predicted octanol–water partition coefficient (Wildman–Crippen LogP) is 3.02. The molecule has 3 rings (SSSR count). The van der Waals surface area contributed by atoms with Crippen molar-refractivity contribution in [3.63, 3.8) is 0 Å². The summed E-state index contributed by atoms with van der Waals surface area (Å²) in [5.74, 6) is 2.10. The molecule has 6 heteroatoms. The summed E-state index contributed by atoms with van der Waals surface area (Å²) in [6.45, 7) is 5.01. The molecule has 1 aromatic carbocycles. The van der Waals surface area contributed by atoms with E-state index >= 15 is 0 Å². The van der Waals surface area contributed by atoms with Crippen LogP contribution in [0.3, 0.4) is 0 Å². The Hall–Kier alpha value is -2.50. The van der Waals surface area contributed by atoms with Crippen LogP contribution in [-0.4, -0.2) is 24.3 Å². The van der Waals surface area contributed by atoms with Crippen LogP contribution in [0.5, 0.6) is 11.5 Å². The molecule has 0 unspecified atom stereocenters. The van der Waals surface area contributed by atoms with Crippen LogP contribution in [0.25, 0.3) is 0 Å². The molecule has 0 fully saturated rings. The fourth-order valence-corrected chi connectivity index (χ4v) is 2.56. The van der Waals surface area contributed by atoms with E-state index in [-0.39, 0.29) is 5.91 Å². The molecule has 0 saturated carbocycles. The Bertz CT molecular complexity index is 689. The van der Waals surface area contributed by atoms with Gasteiger partial charge in [0, 0.05) is 30.2 Å². The SMILES string of the molecule is Cc1noc(C)c1CCC(=O)Nc1ccc2c(c1)OCCCO2. The Labute approximate surface area is 134 Å². The predicted molar refractivity (Wildman–Crippen MR) is 85.0 cm³/mol. The maximum atomic E-state index is 12.1. The standard InChI is InChI=1S/C17H20N2O4/c1-11-14(12(2)23-19-11)5-7-17(20)18-13-4-6-15-16(10-13)22-9-3-8-21-15/h4,6,10H,3,5,7-9H2,1-2H3,(H,18,20). The largest absolute Gasteiger partial charge is 0.490 e. The molecule has 23 heavy (non-hydrogen) atoms. The van der Waals surface area contributed by atoms with E-state index in [9.17, 15) is 4.79 Å². The van der Waals surface area contributed by atoms with Crippen LogP contribution in [0.4, 0.5) is 5.69 Å². The molecule has 1 N–H and O–H groups in total. The number of hydrogen-bond donors (Lipinski definition) is 1. The van der Waals surface area contributed by atoms with E-state index in [1.807, 2.05) is 26.0 Å². The van der Waals surface area contributed by atoms with E-state index in [0.29, 0.717) is 37.5 Å². The zero-order chi connectivity index (χ0) is 16.2. The van der Waals surface area contributed by atoms with Gasteiger partial charge in [0.2, 0.25) is 5.91 Å². The number of hydrogen-bond acceptors (Lipinski definition) is 5. The molecule has 0 atom stereocenters. The van der Waals surface area contributed by atoms with Crippen molar-refractivity contribution in [2.75, 3.05) is 18.5 Å². The minimum absolute atomic E-state index is 0.0560. The van der Waals surface area contributed by atoms with Gasteiger partial charge in [0.25, 0.3) is 0 Å². The zero-order valence-corrected chi connectivity index (χ0v) is 13.3. The van der Waals surface area contributed by atoms with Crippen molar-refractivity contribution in [1.29, 1.82) is 0 Å². The van der Waals surface area contributed by atoms with Crippen molar-refractivity contribution >= 4 is 11.6 Å². The number of ether oxygens (including phenoxy) is 2. The van der Waals surface area contributed by atoms with Gasteiger partial charge in [-0.2, -0.15) is 0 Å². The van der Waals surface area contributed by atoms with Crippen LogP contribution >= 0.6 is 0 Å². The molecule has 1 aliphatic heterocycles. The lowest BCUT2D eigenvalue weighted by molar-refractivity contribution is -0.116. The fraction of sp³-hybridized carbons (Fsp3) is 0.412. The van der Waals surface area contributed by atoms with Crippen molar-refractivity contribution in [1.82, 2.24) is 5.16 Å². The summed E-state index contributed by atoms with van der Waals surface area (Å²) in [4.78, 5) is 12.1. The topological polar surface area (TPSA) is 73.6 Å². The lowest BCUT2D eigenvalue weighted by atomic mass is 10.1. The first-order valence-electron chi connectivity index (χ1n) is 7.75. The van der Waals surface area contributed by atoms with Crippen LogP contribution in [0, 0.1) is 13.8 Å². The molecule has 6 nitrogen and oxygen atoms in total. The average molecular weight is 316 g/mol. The Morgan fingerprint density at radius 1 is 1.22 bits per heavy atom. The molecule has 0 saturated heterocycles. The summed E-state index contributed by atoms with van der Waals surface area (Å²) in [5, 5.41) is 6.79. The Morgan fingerprint density at radius 3 is 2.74 bits per heavy atom. The van der Waals surface area contributed by atoms with Crippen LogP contribution in [-0.2, 0) is 11.2 Å². The van der Waals surface area contributed by atoms with Crippen LogP contribution in [0.1, 0.15) is 29.9 Å². The van der Waals surface area contributed by atoms with Gasteiger partial charge in [-0.25, -0.2) is 0 Å². The lowest BCUT2D eigenvalue weighted by Gasteiger charge is -2.10. The molecule has 0 bridgehead atoms. The molecule has 122 valence electrons. The Kier molecular flexibility index (Phi) is 4.50. The molecule has 0 spiro atoms. The highest BCUT2D eigenvalue weighted by Gasteiger charge is 2.14. The van der Waals surface area contributed by atoms with Gasteiger partial charge < -0.3 is 19.3 Å². The third-order valence-electron chi connectivity index (χ3n) is 3.81. The molecule has 0 aliphatic carbocycles. The second-order valence-corrected chi connectivity index (χ2v) is 5.56. The molecular formula is C17H20N2O4. The van der Waals surface area contributed by atoms with Crippen LogP contribution in [0.15, 0.2) is 22.7 Å². The van der Waals surface area contributed by atoms with Gasteiger partial charge in [-0.3, -0.25) is 4.79 Å². The van der Waals surface area contributed by atoms with Gasteiger partial charge in [0.1, 0.15) is 5.76 Å². The highest BCUT2D eigenvalue weighted by atomic mass is 16.5. The number of anilines is 1. The van der Waals surface area contributed by atoms with Crippen molar-refractivity contribution in [2.24, 2.45) is 0 Å². The van der Waals surface area contributed by atoms with E-state index in [1.54, 1.807) is 6.07 Å². The summed E-state index contributed by atoms with van der Waals surface area (Å²) < 4.78 is 16.3. The van der Waals surface area contributed by atoms with E-state index in [4.69, 9.17) is 14.0 Å². The zero-order valence-electron chi connectivity index (χ0n) is 13.3. The third-order valence-corrected chi connectivity index (χ3v) is 3.81. The van der Waals surface area contributed by atoms with Gasteiger partial charge in [-0.15, -0.1) is 0 Å². The van der Waals surface area contributed by atoms with Gasteiger partial charge >= 0.3 is 0 Å². The third kappa shape index (κ3) is 3.64. The second kappa shape index (κ2) is 6.73. The smallest absolute Gasteiger partial charge is 0.224 e. The van der Waals surface area contributed by atoms with E-state index in [1.165, 1.54) is 0 Å². The normalized spacial score (nSPS) is 13.5. The van der Waals surface area contributed by atoms with Crippen LogP contribution < -0.4 is 14.8 Å². The number of fused-ring (bicyclic) bond motifs is 1. The number of nitrogens with zero attached hydrogens (tertiary/aromatic N) is 1. The number of rotatable bonds is 4. The van der Waals surface area contributed by atoms with Gasteiger partial charge in [-0.05, 0) is 32.4 Å². The Morgan fingerprint density at radius 2 is 2.00 bits per heavy atom. The van der Waals surface area contributed by atoms with Crippen LogP contribution in [0.2, 0.25) is 0 Å². The van der Waals surface area contributed by atoms with Crippen molar-refractivity contribution < 1.29 is 18.8 Å². The first-order chi connectivity index (χ1) is 11.1. The van der Waals surface area contributed by atoms with E-state index in [0.717, 1.165) is 29.2 Å². The molecule has 2 heterocycles. The number of carbonyl (C=O) groups excluding carboxylic acids is 1. The number of nitrogens with one attached hydrogen (secondary N) is 1. The van der Waals surface area contributed by atoms with E-state index in [2.05, 4.69) is 10.5 Å². The monoisotopic (exact) mass is 316 g/mol. The second-order valence-electron chi connectivity index (χ2n) is 5.56. The van der Waals surface area contributed by atoms with Crippen molar-refractivity contribution in [2.45, 2.75) is 33.1 Å². The maximum absolute atomic E-state index is 12.1. The number of carbonyl (C=O) groups is 1. The maximum Gasteiger partial charge on any atom is 0.224 e. The average Bonchev–Trinajstić information content (AvgIpc) is 2.74. The molecule has 1 aromatic heterocycles. The highest BCUT2D eigenvalue weighted by molar-refractivity contribution is 5.91. The minimum Gasteiger partial charge on any atom is -0.490 e. The summed E-state index contributed by atoms with van der Waals surface area (Å²) in [5.41, 5.74) is 2.54. The number of aromatic nitrogens is 1. The van der Waals surface area contributed by atoms with Crippen molar-refractivity contribution in [3.05, 3.63) is 35.2 Å². The lowest BCUT2D eigenvalue weighted by Crippen LogP contribution is -2.12. The fourth-order valence-electron chi connectivity index (χ4n) is 2.56. The number of amides is 1. The summed E-state index contributed by atoms with van der Waals surface area (Å²) in [6.07, 6.45) is 1.84. The van der Waals surface area contributed by atoms with Gasteiger partial charge in [-0.1, -0.05) is 5.16 Å². The highest BCUT2D eigenvalue weighted by Crippen LogP contribution is 2.32. The molecule has 1 amide bonds. The molecule has 0 radical (unpaired) electrons. The van der Waals surface area contributed by atoms with Gasteiger partial charge in [0.05, 0.1) is 18.9 Å². The van der Waals surface area contributed by atoms with E-state index < -0.39 is 0 Å². The summed E-state index contributed by atoms with van der Waals surface area (Å²) in [6, 6.07) is 5.44. The molecular weight excluding hydrogens is 296 g/mol. The van der Waals surface area contributed by atoms with Crippen molar-refractivity contribution in [3.8, 4) is 11.5 Å². The number of benzene rings is 1. The molecule has 2 aromatic rings. The first kappa shape index (κ1) is 15.4. The summed E-state index contributed by atoms with van der Waals surface area (Å²) in [7, 11) is 0. The Balaban J connectivity index is 1.61. The number of aryl methyl sites for hydroxylation is 2. The summed E-state index contributed by atoms with van der Waals surface area (Å²) >= 11 is 0.